The number of benzene rings is 1. The van der Waals surface area contributed by atoms with Crippen LogP contribution in [-0.2, 0) is 23.0 Å². The number of nitrogens with one attached hydrogen (secondary N) is 3. The molecule has 8 heteroatoms. The first-order valence-corrected chi connectivity index (χ1v) is 9.60. The molecule has 1 heterocycles. The Labute approximate surface area is 148 Å². The second kappa shape index (κ2) is 9.24. The van der Waals surface area contributed by atoms with Crippen LogP contribution in [0.5, 0.6) is 0 Å². The Kier molecular flexibility index (Phi) is 7.03. The van der Waals surface area contributed by atoms with Crippen molar-refractivity contribution in [3.05, 3.63) is 54.0 Å². The molecule has 0 radical (unpaired) electrons. The summed E-state index contributed by atoms with van der Waals surface area (Å²) in [4.78, 5) is 4.76. The molecule has 2 aromatic rings. The van der Waals surface area contributed by atoms with Crippen LogP contribution in [-0.4, -0.2) is 34.5 Å². The van der Waals surface area contributed by atoms with E-state index < -0.39 is 10.0 Å². The first-order valence-electron chi connectivity index (χ1n) is 8.12. The van der Waals surface area contributed by atoms with E-state index in [9.17, 15) is 8.42 Å². The monoisotopic (exact) mass is 364 g/mol. The molecule has 3 N–H and O–H groups in total. The molecule has 0 bridgehead atoms. The lowest BCUT2D eigenvalue weighted by atomic mass is 10.2. The largest absolute Gasteiger partial charge is 0.469 e. The fourth-order valence-electron chi connectivity index (χ4n) is 2.16. The van der Waals surface area contributed by atoms with E-state index in [4.69, 9.17) is 4.42 Å². The number of furan rings is 1. The van der Waals surface area contributed by atoms with Gasteiger partial charge in [-0.25, -0.2) is 18.1 Å². The van der Waals surface area contributed by atoms with Gasteiger partial charge in [0.15, 0.2) is 5.96 Å². The summed E-state index contributed by atoms with van der Waals surface area (Å²) >= 11 is 0. The van der Waals surface area contributed by atoms with Crippen molar-refractivity contribution in [3.8, 4) is 0 Å². The molecule has 0 amide bonds. The van der Waals surface area contributed by atoms with Gasteiger partial charge in [-0.1, -0.05) is 12.1 Å². The average Bonchev–Trinajstić information content (AvgIpc) is 3.13. The molecule has 0 spiro atoms. The third-order valence-corrected chi connectivity index (χ3v) is 4.94. The Balaban J connectivity index is 1.93. The van der Waals surface area contributed by atoms with Crippen LogP contribution in [0.1, 0.15) is 18.2 Å². The first-order chi connectivity index (χ1) is 12.0. The van der Waals surface area contributed by atoms with Gasteiger partial charge in [0.2, 0.25) is 10.0 Å². The summed E-state index contributed by atoms with van der Waals surface area (Å²) in [6.07, 6.45) is 2.43. The predicted octanol–water partition coefficient (Wildman–Crippen LogP) is 1.49. The number of rotatable bonds is 8. The highest BCUT2D eigenvalue weighted by molar-refractivity contribution is 7.89. The van der Waals surface area contributed by atoms with Crippen LogP contribution in [0.2, 0.25) is 0 Å². The normalized spacial score (nSPS) is 12.2. The summed E-state index contributed by atoms with van der Waals surface area (Å²) in [6.45, 7) is 3.92. The minimum atomic E-state index is -3.41. The lowest BCUT2D eigenvalue weighted by molar-refractivity contribution is 0.507. The van der Waals surface area contributed by atoms with Crippen molar-refractivity contribution in [2.45, 2.75) is 24.8 Å². The van der Waals surface area contributed by atoms with Gasteiger partial charge in [0.25, 0.3) is 0 Å². The Morgan fingerprint density at radius 3 is 2.52 bits per heavy atom. The summed E-state index contributed by atoms with van der Waals surface area (Å²) in [5, 5.41) is 6.43. The Morgan fingerprint density at radius 2 is 1.92 bits per heavy atom. The van der Waals surface area contributed by atoms with Crippen LogP contribution in [0, 0.1) is 0 Å². The smallest absolute Gasteiger partial charge is 0.240 e. The van der Waals surface area contributed by atoms with E-state index in [1.807, 2.05) is 19.1 Å². The van der Waals surface area contributed by atoms with Gasteiger partial charge in [-0.3, -0.25) is 0 Å². The van der Waals surface area contributed by atoms with Gasteiger partial charge >= 0.3 is 0 Å². The van der Waals surface area contributed by atoms with E-state index in [2.05, 4.69) is 20.3 Å². The summed E-state index contributed by atoms with van der Waals surface area (Å²) < 4.78 is 31.0. The number of sulfonamides is 1. The molecule has 0 fully saturated rings. The second-order valence-corrected chi connectivity index (χ2v) is 7.19. The van der Waals surface area contributed by atoms with Gasteiger partial charge in [0.1, 0.15) is 5.76 Å². The van der Waals surface area contributed by atoms with Crippen molar-refractivity contribution >= 4 is 16.0 Å². The predicted molar refractivity (Wildman–Crippen MR) is 97.9 cm³/mol. The van der Waals surface area contributed by atoms with Crippen molar-refractivity contribution in [1.29, 1.82) is 0 Å². The van der Waals surface area contributed by atoms with Crippen molar-refractivity contribution in [3.63, 3.8) is 0 Å². The SMILES string of the molecule is CCNC(=NCc1ccc(S(=O)(=O)NC)cc1)NCCc1ccco1. The van der Waals surface area contributed by atoms with Crippen molar-refractivity contribution in [1.82, 2.24) is 15.4 Å². The van der Waals surface area contributed by atoms with Crippen LogP contribution in [0.25, 0.3) is 0 Å². The zero-order chi connectivity index (χ0) is 18.1. The first kappa shape index (κ1) is 19.0. The Bertz CT molecular complexity index is 769. The lowest BCUT2D eigenvalue weighted by Crippen LogP contribution is -2.38. The van der Waals surface area contributed by atoms with E-state index in [1.54, 1.807) is 30.5 Å². The quantitative estimate of drug-likeness (QED) is 0.487. The average molecular weight is 364 g/mol. The highest BCUT2D eigenvalue weighted by Crippen LogP contribution is 2.10. The molecular weight excluding hydrogens is 340 g/mol. The van der Waals surface area contributed by atoms with Crippen molar-refractivity contribution in [2.75, 3.05) is 20.1 Å². The Hall–Kier alpha value is -2.32. The van der Waals surface area contributed by atoms with Crippen LogP contribution < -0.4 is 15.4 Å². The lowest BCUT2D eigenvalue weighted by Gasteiger charge is -2.11. The van der Waals surface area contributed by atoms with E-state index in [0.717, 1.165) is 24.3 Å². The standard InChI is InChI=1S/C17H24N4O3S/c1-3-19-17(20-11-10-15-5-4-12-24-15)21-13-14-6-8-16(9-7-14)25(22,23)18-2/h4-9,12,18H,3,10-11,13H2,1-2H3,(H2,19,20,21). The number of hydrogen-bond acceptors (Lipinski definition) is 4. The summed E-state index contributed by atoms with van der Waals surface area (Å²) in [5.41, 5.74) is 0.929. The molecule has 7 nitrogen and oxygen atoms in total. The molecule has 0 atom stereocenters. The fourth-order valence-corrected chi connectivity index (χ4v) is 2.89. The minimum Gasteiger partial charge on any atom is -0.469 e. The summed E-state index contributed by atoms with van der Waals surface area (Å²) in [5.74, 6) is 1.63. The van der Waals surface area contributed by atoms with Crippen molar-refractivity contribution < 1.29 is 12.8 Å². The van der Waals surface area contributed by atoms with Gasteiger partial charge < -0.3 is 15.1 Å². The molecule has 1 aromatic heterocycles. The van der Waals surface area contributed by atoms with Crippen molar-refractivity contribution in [2.24, 2.45) is 4.99 Å². The zero-order valence-electron chi connectivity index (χ0n) is 14.5. The van der Waals surface area contributed by atoms with Crippen LogP contribution in [0.3, 0.4) is 0 Å². The third kappa shape index (κ3) is 5.91. The summed E-state index contributed by atoms with van der Waals surface area (Å²) in [7, 11) is -2.01. The molecule has 1 aromatic carbocycles. The number of guanidine groups is 1. The maximum absolute atomic E-state index is 11.7. The number of hydrogen-bond donors (Lipinski definition) is 3. The highest BCUT2D eigenvalue weighted by Gasteiger charge is 2.10. The zero-order valence-corrected chi connectivity index (χ0v) is 15.3. The van der Waals surface area contributed by atoms with Crippen LogP contribution >= 0.6 is 0 Å². The molecule has 0 aliphatic rings. The number of nitrogens with zero attached hydrogens (tertiary/aromatic N) is 1. The maximum Gasteiger partial charge on any atom is 0.240 e. The molecule has 136 valence electrons. The molecule has 0 saturated carbocycles. The van der Waals surface area contributed by atoms with Crippen LogP contribution in [0.15, 0.2) is 57.0 Å². The van der Waals surface area contributed by atoms with Crippen LogP contribution in [0.4, 0.5) is 0 Å². The molecule has 25 heavy (non-hydrogen) atoms. The number of aliphatic imine (C=N–C) groups is 1. The Morgan fingerprint density at radius 1 is 1.16 bits per heavy atom. The molecule has 0 aliphatic carbocycles. The van der Waals surface area contributed by atoms with Gasteiger partial charge in [0, 0.05) is 19.5 Å². The van der Waals surface area contributed by atoms with E-state index in [1.165, 1.54) is 7.05 Å². The van der Waals surface area contributed by atoms with Gasteiger partial charge in [-0.2, -0.15) is 0 Å². The topological polar surface area (TPSA) is 95.7 Å². The second-order valence-electron chi connectivity index (χ2n) is 5.30. The fraction of sp³-hybridized carbons (Fsp3) is 0.353. The third-order valence-electron chi connectivity index (χ3n) is 3.51. The van der Waals surface area contributed by atoms with E-state index in [0.29, 0.717) is 19.0 Å². The van der Waals surface area contributed by atoms with Gasteiger partial charge in [0.05, 0.1) is 17.7 Å². The maximum atomic E-state index is 11.7. The molecule has 0 aliphatic heterocycles. The van der Waals surface area contributed by atoms with E-state index >= 15 is 0 Å². The minimum absolute atomic E-state index is 0.242. The van der Waals surface area contributed by atoms with Gasteiger partial charge in [-0.05, 0) is 43.8 Å². The van der Waals surface area contributed by atoms with Gasteiger partial charge in [-0.15, -0.1) is 0 Å². The molecule has 0 saturated heterocycles. The molecule has 0 unspecified atom stereocenters. The van der Waals surface area contributed by atoms with E-state index in [-0.39, 0.29) is 4.90 Å². The highest BCUT2D eigenvalue weighted by atomic mass is 32.2. The molecule has 2 rings (SSSR count). The molecular formula is C17H24N4O3S. The summed E-state index contributed by atoms with van der Waals surface area (Å²) in [6, 6.07) is 10.5.